The van der Waals surface area contributed by atoms with Gasteiger partial charge in [0, 0.05) is 12.5 Å². The molecule has 2 atom stereocenters. The molecule has 100 valence electrons. The van der Waals surface area contributed by atoms with Gasteiger partial charge in [0.05, 0.1) is 6.54 Å². The van der Waals surface area contributed by atoms with Crippen molar-refractivity contribution in [2.45, 2.75) is 20.0 Å². The van der Waals surface area contributed by atoms with Crippen LogP contribution >= 0.6 is 0 Å². The van der Waals surface area contributed by atoms with Crippen LogP contribution in [0.15, 0.2) is 30.3 Å². The number of hydrogen-bond donors (Lipinski definition) is 2. The summed E-state index contributed by atoms with van der Waals surface area (Å²) in [5.41, 5.74) is 0. The molecule has 0 fully saturated rings. The number of hydrogen-bond acceptors (Lipinski definition) is 3. The number of carbonyl (C=O) groups excluding carboxylic acids is 1. The van der Waals surface area contributed by atoms with Gasteiger partial charge in [-0.05, 0) is 26.1 Å². The maximum Gasteiger partial charge on any atom is 0.224 e. The maximum atomic E-state index is 11.7. The standard InChI is InChI=1S/C14H22N2O2/c1-11(9-15-3)14(17)16-10-12(2)18-13-7-5-4-6-8-13/h4-8,11-12,15H,9-10H2,1-3H3,(H,16,17). The van der Waals surface area contributed by atoms with E-state index in [1.807, 2.05) is 51.2 Å². The lowest BCUT2D eigenvalue weighted by atomic mass is 10.1. The van der Waals surface area contributed by atoms with Crippen LogP contribution < -0.4 is 15.4 Å². The normalized spacial score (nSPS) is 13.7. The number of amides is 1. The molecule has 0 bridgehead atoms. The Morgan fingerprint density at radius 1 is 1.22 bits per heavy atom. The quantitative estimate of drug-likeness (QED) is 0.769. The molecule has 0 saturated heterocycles. The number of carbonyl (C=O) groups is 1. The smallest absolute Gasteiger partial charge is 0.224 e. The molecule has 0 heterocycles. The van der Waals surface area contributed by atoms with E-state index in [0.29, 0.717) is 13.1 Å². The molecule has 0 saturated carbocycles. The van der Waals surface area contributed by atoms with Crippen LogP contribution in [0.4, 0.5) is 0 Å². The van der Waals surface area contributed by atoms with Gasteiger partial charge < -0.3 is 15.4 Å². The minimum absolute atomic E-state index is 0.0288. The minimum atomic E-state index is -0.0434. The Kier molecular flexibility index (Phi) is 6.22. The lowest BCUT2D eigenvalue weighted by Gasteiger charge is -2.17. The first kappa shape index (κ1) is 14.5. The van der Waals surface area contributed by atoms with E-state index in [1.165, 1.54) is 0 Å². The van der Waals surface area contributed by atoms with Crippen LogP contribution in [0.5, 0.6) is 5.75 Å². The lowest BCUT2D eigenvalue weighted by Crippen LogP contribution is -2.39. The first-order chi connectivity index (χ1) is 8.63. The molecule has 0 aliphatic carbocycles. The van der Waals surface area contributed by atoms with Gasteiger partial charge in [-0.2, -0.15) is 0 Å². The van der Waals surface area contributed by atoms with E-state index < -0.39 is 0 Å². The van der Waals surface area contributed by atoms with Crippen LogP contribution in [-0.4, -0.2) is 32.1 Å². The van der Waals surface area contributed by atoms with E-state index >= 15 is 0 Å². The molecule has 1 aromatic carbocycles. The second kappa shape index (κ2) is 7.71. The average Bonchev–Trinajstić information content (AvgIpc) is 2.37. The van der Waals surface area contributed by atoms with Crippen LogP contribution in [0.3, 0.4) is 0 Å². The van der Waals surface area contributed by atoms with Crippen molar-refractivity contribution < 1.29 is 9.53 Å². The Labute approximate surface area is 109 Å². The SMILES string of the molecule is CNCC(C)C(=O)NCC(C)Oc1ccccc1. The summed E-state index contributed by atoms with van der Waals surface area (Å²) in [6.45, 7) is 5.03. The first-order valence-electron chi connectivity index (χ1n) is 6.27. The molecule has 0 aliphatic heterocycles. The number of rotatable bonds is 7. The van der Waals surface area contributed by atoms with Crippen molar-refractivity contribution in [1.82, 2.24) is 10.6 Å². The molecule has 0 aromatic heterocycles. The van der Waals surface area contributed by atoms with Crippen LogP contribution in [-0.2, 0) is 4.79 Å². The second-order valence-corrected chi connectivity index (χ2v) is 4.45. The van der Waals surface area contributed by atoms with Gasteiger partial charge in [0.1, 0.15) is 11.9 Å². The Morgan fingerprint density at radius 3 is 2.50 bits per heavy atom. The van der Waals surface area contributed by atoms with Gasteiger partial charge in [-0.15, -0.1) is 0 Å². The topological polar surface area (TPSA) is 50.4 Å². The maximum absolute atomic E-state index is 11.7. The molecular weight excluding hydrogens is 228 g/mol. The number of para-hydroxylation sites is 1. The van der Waals surface area contributed by atoms with Crippen molar-refractivity contribution in [2.24, 2.45) is 5.92 Å². The highest BCUT2D eigenvalue weighted by Crippen LogP contribution is 2.10. The van der Waals surface area contributed by atoms with E-state index in [1.54, 1.807) is 0 Å². The summed E-state index contributed by atoms with van der Waals surface area (Å²) in [6, 6.07) is 9.61. The van der Waals surface area contributed by atoms with Crippen molar-refractivity contribution in [3.05, 3.63) is 30.3 Å². The van der Waals surface area contributed by atoms with Crippen LogP contribution in [0.1, 0.15) is 13.8 Å². The summed E-state index contributed by atoms with van der Waals surface area (Å²) in [4.78, 5) is 11.7. The largest absolute Gasteiger partial charge is 0.489 e. The van der Waals surface area contributed by atoms with Crippen molar-refractivity contribution in [3.63, 3.8) is 0 Å². The van der Waals surface area contributed by atoms with E-state index in [9.17, 15) is 4.79 Å². The van der Waals surface area contributed by atoms with Crippen LogP contribution in [0.2, 0.25) is 0 Å². The third-order valence-electron chi connectivity index (χ3n) is 2.60. The minimum Gasteiger partial charge on any atom is -0.489 e. The number of benzene rings is 1. The monoisotopic (exact) mass is 250 g/mol. The third kappa shape index (κ3) is 5.19. The van der Waals surface area contributed by atoms with Gasteiger partial charge in [-0.3, -0.25) is 4.79 Å². The Balaban J connectivity index is 2.29. The number of nitrogens with one attached hydrogen (secondary N) is 2. The second-order valence-electron chi connectivity index (χ2n) is 4.45. The van der Waals surface area contributed by atoms with Crippen molar-refractivity contribution >= 4 is 5.91 Å². The average molecular weight is 250 g/mol. The highest BCUT2D eigenvalue weighted by molar-refractivity contribution is 5.78. The van der Waals surface area contributed by atoms with Gasteiger partial charge >= 0.3 is 0 Å². The summed E-state index contributed by atoms with van der Waals surface area (Å²) in [6.07, 6.45) is -0.0434. The van der Waals surface area contributed by atoms with E-state index in [0.717, 1.165) is 5.75 Å². The zero-order chi connectivity index (χ0) is 13.4. The van der Waals surface area contributed by atoms with Gasteiger partial charge in [0.15, 0.2) is 0 Å². The zero-order valence-corrected chi connectivity index (χ0v) is 11.3. The fourth-order valence-corrected chi connectivity index (χ4v) is 1.59. The van der Waals surface area contributed by atoms with Crippen molar-refractivity contribution in [2.75, 3.05) is 20.1 Å². The summed E-state index contributed by atoms with van der Waals surface area (Å²) in [5, 5.41) is 5.87. The highest BCUT2D eigenvalue weighted by Gasteiger charge is 2.12. The third-order valence-corrected chi connectivity index (χ3v) is 2.60. The molecule has 18 heavy (non-hydrogen) atoms. The van der Waals surface area contributed by atoms with Crippen molar-refractivity contribution in [3.8, 4) is 5.75 Å². The lowest BCUT2D eigenvalue weighted by molar-refractivity contribution is -0.124. The fourth-order valence-electron chi connectivity index (χ4n) is 1.59. The molecular formula is C14H22N2O2. The van der Waals surface area contributed by atoms with Gasteiger partial charge in [0.25, 0.3) is 0 Å². The van der Waals surface area contributed by atoms with E-state index in [2.05, 4.69) is 10.6 Å². The fraction of sp³-hybridized carbons (Fsp3) is 0.500. The Bertz CT molecular complexity index is 354. The summed E-state index contributed by atoms with van der Waals surface area (Å²) < 4.78 is 5.67. The first-order valence-corrected chi connectivity index (χ1v) is 6.27. The molecule has 1 amide bonds. The molecule has 2 unspecified atom stereocenters. The molecule has 0 aliphatic rings. The predicted molar refractivity (Wildman–Crippen MR) is 72.6 cm³/mol. The molecule has 0 radical (unpaired) electrons. The molecule has 4 heteroatoms. The molecule has 2 N–H and O–H groups in total. The number of ether oxygens (including phenoxy) is 1. The molecule has 1 rings (SSSR count). The molecule has 1 aromatic rings. The van der Waals surface area contributed by atoms with E-state index in [4.69, 9.17) is 4.74 Å². The summed E-state index contributed by atoms with van der Waals surface area (Å²) in [5.74, 6) is 0.842. The summed E-state index contributed by atoms with van der Waals surface area (Å²) >= 11 is 0. The Morgan fingerprint density at radius 2 is 1.89 bits per heavy atom. The van der Waals surface area contributed by atoms with Gasteiger partial charge in [-0.25, -0.2) is 0 Å². The zero-order valence-electron chi connectivity index (χ0n) is 11.3. The van der Waals surface area contributed by atoms with Gasteiger partial charge in [0.2, 0.25) is 5.91 Å². The van der Waals surface area contributed by atoms with Crippen LogP contribution in [0.25, 0.3) is 0 Å². The Hall–Kier alpha value is -1.55. The summed E-state index contributed by atoms with van der Waals surface area (Å²) in [7, 11) is 1.84. The van der Waals surface area contributed by atoms with Crippen molar-refractivity contribution in [1.29, 1.82) is 0 Å². The molecule has 4 nitrogen and oxygen atoms in total. The highest BCUT2D eigenvalue weighted by atomic mass is 16.5. The predicted octanol–water partition coefficient (Wildman–Crippen LogP) is 1.43. The van der Waals surface area contributed by atoms with Crippen LogP contribution in [0, 0.1) is 5.92 Å². The molecule has 0 spiro atoms. The van der Waals surface area contributed by atoms with E-state index in [-0.39, 0.29) is 17.9 Å². The van der Waals surface area contributed by atoms with Gasteiger partial charge in [-0.1, -0.05) is 25.1 Å².